The number of para-hydroxylation sites is 1. The maximum Gasteiger partial charge on any atom is 0.101 e. The van der Waals surface area contributed by atoms with Crippen LogP contribution in [0, 0.1) is 45.3 Å². The van der Waals surface area contributed by atoms with Crippen molar-refractivity contribution in [3.8, 4) is 69.0 Å². The molecule has 0 fully saturated rings. The Balaban J connectivity index is 1.17. The highest BCUT2D eigenvalue weighted by Crippen LogP contribution is 2.51. The minimum atomic E-state index is 0.421. The van der Waals surface area contributed by atoms with Crippen molar-refractivity contribution in [1.29, 1.82) is 21.0 Å². The molecule has 0 atom stereocenters. The van der Waals surface area contributed by atoms with Gasteiger partial charge in [-0.05, 0) is 98.8 Å². The molecule has 0 aliphatic heterocycles. The number of hydrogen-bond acceptors (Lipinski definition) is 4. The summed E-state index contributed by atoms with van der Waals surface area (Å²) in [5, 5.41) is 49.0. The predicted octanol–water partition coefficient (Wildman–Crippen LogP) is 13.0. The SMILES string of the molecule is N#Cc1ccc(-n2c3ccccc3c3ccc4c(-c5ccc6c7cc8c9c(cccc9c7n(-c7ccc(C#N)cc7C#N)c6c5)-c5ccccc5-8)cccc4c32)c(C#N)c1. The van der Waals surface area contributed by atoms with Crippen LogP contribution in [-0.2, 0) is 0 Å². The molecule has 0 N–H and O–H groups in total. The fraction of sp³-hybridized carbons (Fsp3) is 0. The van der Waals surface area contributed by atoms with Gasteiger partial charge in [-0.2, -0.15) is 21.0 Å². The van der Waals surface area contributed by atoms with Crippen LogP contribution in [0.3, 0.4) is 0 Å². The molecule has 1 aliphatic carbocycles. The lowest BCUT2D eigenvalue weighted by atomic mass is 9.95. The summed E-state index contributed by atoms with van der Waals surface area (Å²) in [4.78, 5) is 0. The van der Waals surface area contributed by atoms with Crippen LogP contribution in [-0.4, -0.2) is 9.13 Å². The Labute approximate surface area is 343 Å². The van der Waals surface area contributed by atoms with Gasteiger partial charge in [0, 0.05) is 32.3 Å². The van der Waals surface area contributed by atoms with E-state index in [1.165, 1.54) is 27.6 Å². The van der Waals surface area contributed by atoms with Crippen LogP contribution in [0.15, 0.2) is 158 Å². The van der Waals surface area contributed by atoms with E-state index >= 15 is 0 Å². The summed E-state index contributed by atoms with van der Waals surface area (Å²) < 4.78 is 4.38. The highest BCUT2D eigenvalue weighted by Gasteiger charge is 2.27. The predicted molar refractivity (Wildman–Crippen MR) is 239 cm³/mol. The van der Waals surface area contributed by atoms with Gasteiger partial charge < -0.3 is 9.13 Å². The van der Waals surface area contributed by atoms with Gasteiger partial charge in [0.25, 0.3) is 0 Å². The van der Waals surface area contributed by atoms with Crippen molar-refractivity contribution >= 4 is 65.2 Å². The van der Waals surface area contributed by atoms with Crippen molar-refractivity contribution < 1.29 is 0 Å². The average Bonchev–Trinajstić information content (AvgIpc) is 3.94. The summed E-state index contributed by atoms with van der Waals surface area (Å²) in [7, 11) is 0. The van der Waals surface area contributed by atoms with Gasteiger partial charge in [0.1, 0.15) is 12.1 Å². The highest BCUT2D eigenvalue weighted by atomic mass is 15.0. The summed E-state index contributed by atoms with van der Waals surface area (Å²) in [6, 6.07) is 62.7. The molecule has 0 spiro atoms. The van der Waals surface area contributed by atoms with Crippen molar-refractivity contribution in [1.82, 2.24) is 9.13 Å². The van der Waals surface area contributed by atoms with E-state index in [0.717, 1.165) is 70.9 Å². The lowest BCUT2D eigenvalue weighted by molar-refractivity contribution is 1.17. The quantitative estimate of drug-likeness (QED) is 0.179. The molecule has 0 saturated heterocycles. The zero-order chi connectivity index (χ0) is 40.2. The molecule has 60 heavy (non-hydrogen) atoms. The Morgan fingerprint density at radius 1 is 0.333 bits per heavy atom. The lowest BCUT2D eigenvalue weighted by Gasteiger charge is -2.14. The van der Waals surface area contributed by atoms with E-state index in [4.69, 9.17) is 0 Å². The van der Waals surface area contributed by atoms with Crippen molar-refractivity contribution in [2.75, 3.05) is 0 Å². The Morgan fingerprint density at radius 2 is 0.867 bits per heavy atom. The van der Waals surface area contributed by atoms with Gasteiger partial charge in [0.2, 0.25) is 0 Å². The number of benzene rings is 9. The average molecular weight is 759 g/mol. The minimum absolute atomic E-state index is 0.421. The number of nitriles is 4. The molecule has 0 radical (unpaired) electrons. The summed E-state index contributed by atoms with van der Waals surface area (Å²) in [5.41, 5.74) is 13.9. The van der Waals surface area contributed by atoms with Gasteiger partial charge >= 0.3 is 0 Å². The van der Waals surface area contributed by atoms with Gasteiger partial charge in [-0.1, -0.05) is 103 Å². The third-order valence-corrected chi connectivity index (χ3v) is 12.4. The Kier molecular flexibility index (Phi) is 6.80. The second-order valence-corrected chi connectivity index (χ2v) is 15.3. The number of hydrogen-bond donors (Lipinski definition) is 0. The fourth-order valence-corrected chi connectivity index (χ4v) is 9.89. The van der Waals surface area contributed by atoms with Crippen LogP contribution in [0.4, 0.5) is 0 Å². The number of fused-ring (bicyclic) bond motifs is 12. The molecule has 0 unspecified atom stereocenters. The third kappa shape index (κ3) is 4.37. The van der Waals surface area contributed by atoms with Crippen molar-refractivity contribution in [3.63, 3.8) is 0 Å². The maximum absolute atomic E-state index is 10.6. The number of rotatable bonds is 3. The van der Waals surface area contributed by atoms with Gasteiger partial charge in [0.05, 0.1) is 67.8 Å². The molecular weight excluding hydrogens is 733 g/mol. The van der Waals surface area contributed by atoms with Crippen LogP contribution in [0.5, 0.6) is 0 Å². The molecular formula is C54H26N6. The number of aromatic nitrogens is 2. The first-order valence-corrected chi connectivity index (χ1v) is 19.6. The van der Waals surface area contributed by atoms with Gasteiger partial charge in [0.15, 0.2) is 0 Å². The Morgan fingerprint density at radius 3 is 1.58 bits per heavy atom. The van der Waals surface area contributed by atoms with Crippen LogP contribution in [0.1, 0.15) is 22.3 Å². The van der Waals surface area contributed by atoms with Crippen molar-refractivity contribution in [2.45, 2.75) is 0 Å². The summed E-state index contributed by atoms with van der Waals surface area (Å²) in [5.74, 6) is 0. The molecule has 12 rings (SSSR count). The molecule has 2 aromatic heterocycles. The van der Waals surface area contributed by atoms with E-state index < -0.39 is 0 Å². The van der Waals surface area contributed by atoms with Crippen molar-refractivity contribution in [2.24, 2.45) is 0 Å². The van der Waals surface area contributed by atoms with E-state index in [9.17, 15) is 21.0 Å². The van der Waals surface area contributed by atoms with Gasteiger partial charge in [-0.15, -0.1) is 0 Å². The Hall–Kier alpha value is -8.94. The fourth-order valence-electron chi connectivity index (χ4n) is 9.89. The Bertz CT molecular complexity index is 3940. The van der Waals surface area contributed by atoms with E-state index in [1.54, 1.807) is 24.3 Å². The summed E-state index contributed by atoms with van der Waals surface area (Å²) >= 11 is 0. The van der Waals surface area contributed by atoms with E-state index in [-0.39, 0.29) is 0 Å². The molecule has 11 aromatic rings. The first-order chi connectivity index (χ1) is 29.6. The lowest BCUT2D eigenvalue weighted by Crippen LogP contribution is -1.99. The second kappa shape index (κ2) is 12.3. The number of nitrogens with zero attached hydrogens (tertiary/aromatic N) is 6. The van der Waals surface area contributed by atoms with E-state index in [2.05, 4.69) is 143 Å². The second-order valence-electron chi connectivity index (χ2n) is 15.3. The maximum atomic E-state index is 10.6. The first kappa shape index (κ1) is 33.2. The van der Waals surface area contributed by atoms with Crippen molar-refractivity contribution in [3.05, 3.63) is 180 Å². The molecule has 2 heterocycles. The zero-order valence-electron chi connectivity index (χ0n) is 31.7. The monoisotopic (exact) mass is 758 g/mol. The molecule has 0 bridgehead atoms. The highest BCUT2D eigenvalue weighted by molar-refractivity contribution is 6.28. The van der Waals surface area contributed by atoms with Gasteiger partial charge in [-0.25, -0.2) is 0 Å². The van der Waals surface area contributed by atoms with E-state index in [1.807, 2.05) is 24.3 Å². The molecule has 0 saturated carbocycles. The summed E-state index contributed by atoms with van der Waals surface area (Å²) in [6.07, 6.45) is 0. The zero-order valence-corrected chi connectivity index (χ0v) is 31.7. The normalized spacial score (nSPS) is 11.6. The minimum Gasteiger partial charge on any atom is -0.307 e. The smallest absolute Gasteiger partial charge is 0.101 e. The molecule has 1 aliphatic rings. The molecule has 272 valence electrons. The molecule has 9 aromatic carbocycles. The molecule has 0 amide bonds. The topological polar surface area (TPSA) is 105 Å². The largest absolute Gasteiger partial charge is 0.307 e. The first-order valence-electron chi connectivity index (χ1n) is 19.6. The standard InChI is InChI=1S/C54H26N6/c55-27-31-15-21-48(34(23-31)29-57)59-50-14-4-3-9-40(50)44-20-19-39-36(10-5-12-43(39)53(44)59)33-17-18-41-47-26-46-38-8-2-1-7-37(38)42-11-6-13-45(52(42)46)54(47)60(51(41)25-33)49-22-16-32(28-56)24-35(49)30-58/h1-26H. The van der Waals surface area contributed by atoms with Crippen LogP contribution < -0.4 is 0 Å². The van der Waals surface area contributed by atoms with E-state index in [0.29, 0.717) is 33.6 Å². The summed E-state index contributed by atoms with van der Waals surface area (Å²) in [6.45, 7) is 0. The van der Waals surface area contributed by atoms with Gasteiger partial charge in [-0.3, -0.25) is 0 Å². The molecule has 6 heteroatoms. The molecule has 6 nitrogen and oxygen atoms in total. The van der Waals surface area contributed by atoms with Crippen LogP contribution in [0.2, 0.25) is 0 Å². The third-order valence-electron chi connectivity index (χ3n) is 12.4. The van der Waals surface area contributed by atoms with Crippen LogP contribution in [0.25, 0.3) is 110 Å². The van der Waals surface area contributed by atoms with Crippen LogP contribution >= 0.6 is 0 Å².